The second-order valence-corrected chi connectivity index (χ2v) is 5.90. The van der Waals surface area contributed by atoms with Crippen molar-refractivity contribution in [3.05, 3.63) is 29.8 Å². The predicted octanol–water partition coefficient (Wildman–Crippen LogP) is 2.33. The van der Waals surface area contributed by atoms with Crippen molar-refractivity contribution >= 4 is 35.8 Å². The van der Waals surface area contributed by atoms with E-state index in [9.17, 15) is 4.79 Å². The molecule has 1 amide bonds. The standard InChI is InChI=1S/C15H22N2O2S.ClH/c1-20-9-6-12-2-4-13(5-3-12)17-15(18)10-14-11-19-8-7-16-14;/h2-5,14,16H,6-11H2,1H3,(H,17,18);1H. The number of anilines is 1. The van der Waals surface area contributed by atoms with Gasteiger partial charge in [0, 0.05) is 24.7 Å². The Morgan fingerprint density at radius 1 is 1.43 bits per heavy atom. The molecule has 0 bridgehead atoms. The van der Waals surface area contributed by atoms with Crippen LogP contribution in [0.15, 0.2) is 24.3 Å². The highest BCUT2D eigenvalue weighted by Gasteiger charge is 2.16. The van der Waals surface area contributed by atoms with Crippen molar-refractivity contribution in [2.75, 3.05) is 37.1 Å². The molecule has 1 aromatic carbocycles. The van der Waals surface area contributed by atoms with Crippen LogP contribution in [0.5, 0.6) is 0 Å². The first-order chi connectivity index (χ1) is 9.78. The van der Waals surface area contributed by atoms with Gasteiger partial charge in [0.15, 0.2) is 0 Å². The number of benzene rings is 1. The molecule has 0 saturated carbocycles. The summed E-state index contributed by atoms with van der Waals surface area (Å²) in [5.74, 6) is 1.16. The van der Waals surface area contributed by atoms with Crippen molar-refractivity contribution in [3.63, 3.8) is 0 Å². The molecule has 1 unspecified atom stereocenters. The molecule has 2 rings (SSSR count). The summed E-state index contributed by atoms with van der Waals surface area (Å²) in [6, 6.07) is 8.22. The lowest BCUT2D eigenvalue weighted by Gasteiger charge is -2.23. The molecular formula is C15H23ClN2O2S. The van der Waals surface area contributed by atoms with E-state index < -0.39 is 0 Å². The van der Waals surface area contributed by atoms with Crippen LogP contribution in [-0.2, 0) is 16.0 Å². The number of amides is 1. The Morgan fingerprint density at radius 2 is 2.19 bits per heavy atom. The van der Waals surface area contributed by atoms with Crippen LogP contribution in [0.3, 0.4) is 0 Å². The number of carbonyl (C=O) groups is 1. The minimum absolute atomic E-state index is 0. The van der Waals surface area contributed by atoms with Crippen LogP contribution in [0.2, 0.25) is 0 Å². The van der Waals surface area contributed by atoms with Crippen molar-refractivity contribution in [2.24, 2.45) is 0 Å². The first-order valence-corrected chi connectivity index (χ1v) is 8.36. The van der Waals surface area contributed by atoms with Gasteiger partial charge >= 0.3 is 0 Å². The van der Waals surface area contributed by atoms with E-state index in [2.05, 4.69) is 29.0 Å². The second kappa shape index (κ2) is 10.1. The van der Waals surface area contributed by atoms with E-state index in [1.54, 1.807) is 0 Å². The molecule has 0 spiro atoms. The second-order valence-electron chi connectivity index (χ2n) is 4.92. The fraction of sp³-hybridized carbons (Fsp3) is 0.533. The SMILES string of the molecule is CSCCc1ccc(NC(=O)CC2COCCN2)cc1.Cl. The largest absolute Gasteiger partial charge is 0.378 e. The van der Waals surface area contributed by atoms with E-state index in [4.69, 9.17) is 4.74 Å². The van der Waals surface area contributed by atoms with Gasteiger partial charge in [-0.05, 0) is 36.1 Å². The topological polar surface area (TPSA) is 50.4 Å². The molecular weight excluding hydrogens is 308 g/mol. The van der Waals surface area contributed by atoms with E-state index in [-0.39, 0.29) is 24.4 Å². The maximum atomic E-state index is 11.9. The van der Waals surface area contributed by atoms with Crippen molar-refractivity contribution in [2.45, 2.75) is 18.9 Å². The van der Waals surface area contributed by atoms with Crippen molar-refractivity contribution < 1.29 is 9.53 Å². The molecule has 1 heterocycles. The molecule has 0 aromatic heterocycles. The third kappa shape index (κ3) is 6.70. The summed E-state index contributed by atoms with van der Waals surface area (Å²) < 4.78 is 5.34. The van der Waals surface area contributed by atoms with Crippen LogP contribution in [0.25, 0.3) is 0 Å². The predicted molar refractivity (Wildman–Crippen MR) is 91.6 cm³/mol. The summed E-state index contributed by atoms with van der Waals surface area (Å²) in [5, 5.41) is 6.21. The molecule has 1 aliphatic heterocycles. The van der Waals surface area contributed by atoms with Crippen molar-refractivity contribution in [1.29, 1.82) is 0 Å². The van der Waals surface area contributed by atoms with E-state index in [1.165, 1.54) is 5.56 Å². The Hall–Kier alpha value is -0.750. The Balaban J connectivity index is 0.00000220. The van der Waals surface area contributed by atoms with Crippen molar-refractivity contribution in [1.82, 2.24) is 5.32 Å². The molecule has 1 atom stereocenters. The number of thioether (sulfide) groups is 1. The number of ether oxygens (including phenoxy) is 1. The number of hydrogen-bond acceptors (Lipinski definition) is 4. The zero-order valence-corrected chi connectivity index (χ0v) is 13.9. The number of hydrogen-bond donors (Lipinski definition) is 2. The molecule has 21 heavy (non-hydrogen) atoms. The van der Waals surface area contributed by atoms with Crippen LogP contribution in [0.1, 0.15) is 12.0 Å². The average molecular weight is 331 g/mol. The van der Waals surface area contributed by atoms with E-state index in [0.29, 0.717) is 13.0 Å². The molecule has 2 N–H and O–H groups in total. The Morgan fingerprint density at radius 3 is 2.81 bits per heavy atom. The molecule has 0 aliphatic carbocycles. The highest BCUT2D eigenvalue weighted by molar-refractivity contribution is 7.98. The maximum Gasteiger partial charge on any atom is 0.226 e. The van der Waals surface area contributed by atoms with Gasteiger partial charge in [-0.15, -0.1) is 12.4 Å². The summed E-state index contributed by atoms with van der Waals surface area (Å²) in [6.45, 7) is 2.17. The highest BCUT2D eigenvalue weighted by Crippen LogP contribution is 2.12. The zero-order chi connectivity index (χ0) is 14.2. The third-order valence-corrected chi connectivity index (χ3v) is 3.88. The van der Waals surface area contributed by atoms with E-state index in [0.717, 1.165) is 31.0 Å². The van der Waals surface area contributed by atoms with Gasteiger partial charge in [0.2, 0.25) is 5.91 Å². The molecule has 6 heteroatoms. The summed E-state index contributed by atoms with van der Waals surface area (Å²) >= 11 is 1.84. The summed E-state index contributed by atoms with van der Waals surface area (Å²) in [7, 11) is 0. The van der Waals surface area contributed by atoms with Gasteiger partial charge in [-0.3, -0.25) is 4.79 Å². The van der Waals surface area contributed by atoms with Gasteiger partial charge in [-0.2, -0.15) is 11.8 Å². The smallest absolute Gasteiger partial charge is 0.226 e. The lowest BCUT2D eigenvalue weighted by molar-refractivity contribution is -0.117. The number of nitrogens with one attached hydrogen (secondary N) is 2. The molecule has 0 radical (unpaired) electrons. The van der Waals surface area contributed by atoms with E-state index in [1.807, 2.05) is 23.9 Å². The number of aryl methyl sites for hydroxylation is 1. The molecule has 1 aliphatic rings. The summed E-state index contributed by atoms with van der Waals surface area (Å²) in [6.07, 6.45) is 3.63. The molecule has 118 valence electrons. The van der Waals surface area contributed by atoms with Gasteiger partial charge in [0.05, 0.1) is 13.2 Å². The maximum absolute atomic E-state index is 11.9. The minimum atomic E-state index is 0. The Labute approximate surface area is 136 Å². The number of carbonyl (C=O) groups excluding carboxylic acids is 1. The number of halogens is 1. The van der Waals surface area contributed by atoms with Crippen LogP contribution in [0, 0.1) is 0 Å². The number of morpholine rings is 1. The van der Waals surface area contributed by atoms with Crippen LogP contribution >= 0.6 is 24.2 Å². The van der Waals surface area contributed by atoms with Crippen molar-refractivity contribution in [3.8, 4) is 0 Å². The summed E-state index contributed by atoms with van der Waals surface area (Å²) in [5.41, 5.74) is 2.17. The molecule has 1 aromatic rings. The fourth-order valence-corrected chi connectivity index (χ4v) is 2.60. The normalized spacial score (nSPS) is 17.9. The lowest BCUT2D eigenvalue weighted by Crippen LogP contribution is -2.43. The Kier molecular flexibility index (Phi) is 8.76. The quantitative estimate of drug-likeness (QED) is 0.840. The summed E-state index contributed by atoms with van der Waals surface area (Å²) in [4.78, 5) is 11.9. The van der Waals surface area contributed by atoms with Gasteiger partial charge in [0.1, 0.15) is 0 Å². The number of rotatable bonds is 6. The molecule has 4 nitrogen and oxygen atoms in total. The molecule has 1 saturated heterocycles. The van der Waals surface area contributed by atoms with Gasteiger partial charge in [-0.25, -0.2) is 0 Å². The van der Waals surface area contributed by atoms with Crippen LogP contribution in [-0.4, -0.2) is 43.7 Å². The first kappa shape index (κ1) is 18.3. The fourth-order valence-electron chi connectivity index (χ4n) is 2.16. The first-order valence-electron chi connectivity index (χ1n) is 6.97. The van der Waals surface area contributed by atoms with Crippen LogP contribution < -0.4 is 10.6 Å². The molecule has 1 fully saturated rings. The Bertz CT molecular complexity index is 422. The van der Waals surface area contributed by atoms with Crippen LogP contribution in [0.4, 0.5) is 5.69 Å². The average Bonchev–Trinajstić information content (AvgIpc) is 2.47. The third-order valence-electron chi connectivity index (χ3n) is 3.26. The zero-order valence-electron chi connectivity index (χ0n) is 12.3. The van der Waals surface area contributed by atoms with E-state index >= 15 is 0 Å². The monoisotopic (exact) mass is 330 g/mol. The van der Waals surface area contributed by atoms with Gasteiger partial charge in [0.25, 0.3) is 0 Å². The minimum Gasteiger partial charge on any atom is -0.378 e. The van der Waals surface area contributed by atoms with Gasteiger partial charge in [-0.1, -0.05) is 12.1 Å². The van der Waals surface area contributed by atoms with Gasteiger partial charge < -0.3 is 15.4 Å². The highest BCUT2D eigenvalue weighted by atomic mass is 35.5. The lowest BCUT2D eigenvalue weighted by atomic mass is 10.1.